The summed E-state index contributed by atoms with van der Waals surface area (Å²) in [6.07, 6.45) is 9.57. The van der Waals surface area contributed by atoms with Crippen molar-refractivity contribution in [1.29, 1.82) is 0 Å². The molecule has 0 bridgehead atoms. The van der Waals surface area contributed by atoms with Crippen molar-refractivity contribution < 1.29 is 60.7 Å². The maximum atomic E-state index is 12.4. The number of carbonyl (C=O) groups excluding carboxylic acids is 1. The lowest BCUT2D eigenvalue weighted by Crippen LogP contribution is -2.35. The van der Waals surface area contributed by atoms with Crippen molar-refractivity contribution in [2.75, 3.05) is 25.6 Å². The van der Waals surface area contributed by atoms with E-state index in [2.05, 4.69) is 24.0 Å². The minimum atomic E-state index is -5.64. The quantitative estimate of drug-likeness (QED) is 0.0183. The molecule has 1 aliphatic carbocycles. The van der Waals surface area contributed by atoms with E-state index >= 15 is 0 Å². The first-order chi connectivity index (χ1) is 21.5. The van der Waals surface area contributed by atoms with E-state index in [1.54, 1.807) is 0 Å². The fourth-order valence-corrected chi connectivity index (χ4v) is 10.3. The fourth-order valence-electron chi connectivity index (χ4n) is 5.14. The first kappa shape index (κ1) is 42.0. The van der Waals surface area contributed by atoms with Crippen LogP contribution >= 0.6 is 45.1 Å². The molecule has 22 heteroatoms. The fraction of sp³-hybridized carbons (Fsp3) is 0.958. The monoisotopic (exact) mass is 756 g/mol. The van der Waals surface area contributed by atoms with Crippen molar-refractivity contribution in [1.82, 2.24) is 5.32 Å². The van der Waals surface area contributed by atoms with Gasteiger partial charge in [-0.1, -0.05) is 71.6 Å². The highest BCUT2D eigenvalue weighted by Crippen LogP contribution is 2.66. The van der Waals surface area contributed by atoms with Crippen LogP contribution in [0.15, 0.2) is 5.11 Å². The number of carbonyl (C=O) groups is 1. The number of nitrogens with zero attached hydrogens (tertiary/aromatic N) is 3. The van der Waals surface area contributed by atoms with Gasteiger partial charge >= 0.3 is 23.5 Å². The molecule has 0 aromatic rings. The number of phosphoric acid groups is 3. The van der Waals surface area contributed by atoms with E-state index in [0.717, 1.165) is 38.5 Å². The molecule has 0 spiro atoms. The van der Waals surface area contributed by atoms with Gasteiger partial charge in [0, 0.05) is 35.6 Å². The predicted octanol–water partition coefficient (Wildman–Crippen LogP) is 6.34. The summed E-state index contributed by atoms with van der Waals surface area (Å²) in [6.45, 7) is 4.01. The number of amides is 1. The van der Waals surface area contributed by atoms with Crippen molar-refractivity contribution >= 4 is 51.0 Å². The van der Waals surface area contributed by atoms with E-state index in [1.165, 1.54) is 40.9 Å². The van der Waals surface area contributed by atoms with E-state index in [1.807, 2.05) is 13.8 Å². The smallest absolute Gasteiger partial charge is 0.369 e. The maximum Gasteiger partial charge on any atom is 0.490 e. The molecule has 46 heavy (non-hydrogen) atoms. The maximum absolute atomic E-state index is 12.4. The molecule has 268 valence electrons. The lowest BCUT2D eigenvalue weighted by Gasteiger charge is -2.25. The van der Waals surface area contributed by atoms with E-state index in [4.69, 9.17) is 29.3 Å². The molecule has 5 atom stereocenters. The zero-order chi connectivity index (χ0) is 34.3. The Morgan fingerprint density at radius 3 is 2.26 bits per heavy atom. The summed E-state index contributed by atoms with van der Waals surface area (Å²) in [5.74, 6) is 0.319. The summed E-state index contributed by atoms with van der Waals surface area (Å²) in [5, 5.41) is 6.28. The molecule has 0 aromatic heterocycles. The Hall–Kier alpha value is -0.190. The van der Waals surface area contributed by atoms with Gasteiger partial charge in [0.25, 0.3) is 0 Å². The predicted molar refractivity (Wildman–Crippen MR) is 173 cm³/mol. The van der Waals surface area contributed by atoms with Crippen LogP contribution < -0.4 is 5.32 Å². The third-order valence-corrected chi connectivity index (χ3v) is 14.0. The van der Waals surface area contributed by atoms with Gasteiger partial charge in [0.2, 0.25) is 5.91 Å². The molecule has 1 amide bonds. The summed E-state index contributed by atoms with van der Waals surface area (Å²) in [6, 6.07) is 0. The lowest BCUT2D eigenvalue weighted by molar-refractivity contribution is -0.121. The second-order valence-electron chi connectivity index (χ2n) is 11.8. The van der Waals surface area contributed by atoms with Crippen LogP contribution in [-0.4, -0.2) is 74.2 Å². The van der Waals surface area contributed by atoms with Crippen LogP contribution in [0.3, 0.4) is 0 Å². The van der Waals surface area contributed by atoms with Gasteiger partial charge < -0.3 is 34.4 Å². The number of hydrogen-bond acceptors (Lipinski definition) is 12. The molecule has 0 aromatic carbocycles. The van der Waals surface area contributed by atoms with Crippen LogP contribution in [-0.2, 0) is 41.1 Å². The summed E-state index contributed by atoms with van der Waals surface area (Å²) in [4.78, 5) is 51.7. The Bertz CT molecular complexity index is 1130. The molecule has 2 aliphatic rings. The minimum Gasteiger partial charge on any atom is -0.369 e. The highest BCUT2D eigenvalue weighted by atomic mass is 33.1. The Morgan fingerprint density at radius 2 is 1.65 bits per heavy atom. The third kappa shape index (κ3) is 18.5. The van der Waals surface area contributed by atoms with Gasteiger partial charge in [0.15, 0.2) is 0 Å². The van der Waals surface area contributed by atoms with Gasteiger partial charge in [-0.05, 0) is 44.6 Å². The average Bonchev–Trinajstić information content (AvgIpc) is 3.35. The van der Waals surface area contributed by atoms with Crippen LogP contribution in [0.5, 0.6) is 0 Å². The molecule has 17 nitrogen and oxygen atoms in total. The molecule has 1 saturated carbocycles. The number of azide groups is 1. The number of ether oxygens (including phenoxy) is 2. The van der Waals surface area contributed by atoms with Gasteiger partial charge in [-0.15, -0.1) is 0 Å². The molecular formula is C24H47N4O13P3S2. The lowest BCUT2D eigenvalue weighted by atomic mass is 9.87. The van der Waals surface area contributed by atoms with Crippen LogP contribution in [0.2, 0.25) is 0 Å². The van der Waals surface area contributed by atoms with Crippen LogP contribution in [0.1, 0.15) is 90.9 Å². The summed E-state index contributed by atoms with van der Waals surface area (Å²) in [7, 11) is -13.6. The van der Waals surface area contributed by atoms with Gasteiger partial charge in [0.05, 0.1) is 18.8 Å². The van der Waals surface area contributed by atoms with Crippen LogP contribution in [0.25, 0.3) is 10.4 Å². The standard InChI is InChI=1S/C24H47N4O13P3S2/c1-24(2,17-26-23(29)13-10-14-27-28-25)46-45-18-37-21-15-20(19-11-8-6-4-3-5-7-9-12-19)39-22(21)16-38-43(33,34)41-44(35,36)40-42(30,31)32/h19-22H,3-18H2,1-2H3,(H,26,29)(H,33,34)(H,35,36)(H2,30,31,32)/t20-,21?,22-/m1/s1. The molecular weight excluding hydrogens is 709 g/mol. The van der Waals surface area contributed by atoms with E-state index in [9.17, 15) is 28.3 Å². The summed E-state index contributed by atoms with van der Waals surface area (Å²) < 4.78 is 59.7. The topological polar surface area (TPSA) is 256 Å². The Labute approximate surface area is 277 Å². The molecule has 1 aliphatic heterocycles. The van der Waals surface area contributed by atoms with Crippen LogP contribution in [0, 0.1) is 5.92 Å². The first-order valence-corrected chi connectivity index (χ1v) is 22.0. The number of phosphoric ester groups is 1. The van der Waals surface area contributed by atoms with Crippen molar-refractivity contribution in [3.8, 4) is 0 Å². The van der Waals surface area contributed by atoms with Crippen molar-refractivity contribution in [3.05, 3.63) is 10.4 Å². The molecule has 2 rings (SSSR count). The van der Waals surface area contributed by atoms with Crippen molar-refractivity contribution in [2.45, 2.75) is 114 Å². The van der Waals surface area contributed by atoms with E-state index < -0.39 is 42.3 Å². The Balaban J connectivity index is 1.97. The minimum absolute atomic E-state index is 0.142. The molecule has 2 fully saturated rings. The highest BCUT2D eigenvalue weighted by molar-refractivity contribution is 8.77. The highest BCUT2D eigenvalue weighted by Gasteiger charge is 2.44. The first-order valence-electron chi connectivity index (χ1n) is 15.1. The zero-order valence-corrected chi connectivity index (χ0v) is 30.4. The van der Waals surface area contributed by atoms with Crippen molar-refractivity contribution in [3.63, 3.8) is 0 Å². The van der Waals surface area contributed by atoms with Gasteiger partial charge in [0.1, 0.15) is 12.0 Å². The van der Waals surface area contributed by atoms with Crippen molar-refractivity contribution in [2.24, 2.45) is 11.0 Å². The molecule has 1 saturated heterocycles. The number of hydrogen-bond donors (Lipinski definition) is 5. The SMILES string of the molecule is CC(C)(CNC(=O)CCCN=[N+]=[N-])SSCOC1C[C@H](C2CCCCCCCCC2)O[C@@H]1COP(=O)(O)OP(=O)(O)OP(=O)(O)O. The second-order valence-corrected chi connectivity index (χ2v) is 19.1. The van der Waals surface area contributed by atoms with E-state index in [0.29, 0.717) is 19.4 Å². The normalized spacial score (nSPS) is 24.8. The summed E-state index contributed by atoms with van der Waals surface area (Å²) >= 11 is 0. The number of rotatable bonds is 19. The largest absolute Gasteiger partial charge is 0.490 e. The summed E-state index contributed by atoms with van der Waals surface area (Å²) in [5.41, 5.74) is 8.32. The number of nitrogens with one attached hydrogen (secondary N) is 1. The average molecular weight is 757 g/mol. The third-order valence-electron chi connectivity index (χ3n) is 7.27. The Kier molecular flexibility index (Phi) is 18.7. The Morgan fingerprint density at radius 1 is 1.02 bits per heavy atom. The molecule has 1 heterocycles. The molecule has 0 radical (unpaired) electrons. The van der Waals surface area contributed by atoms with Gasteiger partial charge in [-0.3, -0.25) is 9.32 Å². The van der Waals surface area contributed by atoms with Gasteiger partial charge in [-0.2, -0.15) is 8.62 Å². The van der Waals surface area contributed by atoms with Gasteiger partial charge in [-0.25, -0.2) is 13.7 Å². The van der Waals surface area contributed by atoms with E-state index in [-0.39, 0.29) is 41.6 Å². The second kappa shape index (κ2) is 20.5. The molecule has 3 unspecified atom stereocenters. The molecule has 5 N–H and O–H groups in total. The van der Waals surface area contributed by atoms with Crippen LogP contribution in [0.4, 0.5) is 0 Å². The zero-order valence-electron chi connectivity index (χ0n) is 26.1.